The van der Waals surface area contributed by atoms with E-state index in [9.17, 15) is 9.59 Å². The summed E-state index contributed by atoms with van der Waals surface area (Å²) in [6.45, 7) is 5.43. The van der Waals surface area contributed by atoms with Crippen LogP contribution in [0, 0.1) is 13.8 Å². The van der Waals surface area contributed by atoms with Crippen LogP contribution < -0.4 is 5.32 Å². The van der Waals surface area contributed by atoms with Gasteiger partial charge in [0, 0.05) is 5.69 Å². The molecule has 0 aliphatic carbocycles. The number of nitrogens with one attached hydrogen (secondary N) is 1. The van der Waals surface area contributed by atoms with Gasteiger partial charge >= 0.3 is 5.97 Å². The minimum absolute atomic E-state index is 0.355. The van der Waals surface area contributed by atoms with Gasteiger partial charge in [0.05, 0.1) is 5.56 Å². The zero-order valence-electron chi connectivity index (χ0n) is 12.9. The lowest BCUT2D eigenvalue weighted by Gasteiger charge is -2.14. The van der Waals surface area contributed by atoms with E-state index in [-0.39, 0.29) is 5.91 Å². The highest BCUT2D eigenvalue weighted by Gasteiger charge is 2.18. The van der Waals surface area contributed by atoms with E-state index in [1.54, 1.807) is 25.1 Å². The van der Waals surface area contributed by atoms with E-state index < -0.39 is 12.1 Å². The van der Waals surface area contributed by atoms with Crippen molar-refractivity contribution in [1.29, 1.82) is 0 Å². The molecule has 0 aliphatic heterocycles. The van der Waals surface area contributed by atoms with Gasteiger partial charge in [-0.1, -0.05) is 29.8 Å². The van der Waals surface area contributed by atoms with Gasteiger partial charge in [-0.05, 0) is 50.6 Å². The minimum Gasteiger partial charge on any atom is -0.449 e. The number of amides is 1. The average Bonchev–Trinajstić information content (AvgIpc) is 2.47. The van der Waals surface area contributed by atoms with Crippen LogP contribution in [0.25, 0.3) is 0 Å². The third-order valence-corrected chi connectivity index (χ3v) is 3.23. The van der Waals surface area contributed by atoms with Crippen molar-refractivity contribution in [2.45, 2.75) is 26.9 Å². The molecular formula is C18H19NO3. The Bertz CT molecular complexity index is 677. The zero-order valence-corrected chi connectivity index (χ0v) is 12.9. The third-order valence-electron chi connectivity index (χ3n) is 3.23. The van der Waals surface area contributed by atoms with Gasteiger partial charge in [-0.2, -0.15) is 0 Å². The molecule has 0 heterocycles. The van der Waals surface area contributed by atoms with Gasteiger partial charge in [-0.3, -0.25) is 4.79 Å². The van der Waals surface area contributed by atoms with E-state index in [1.165, 1.54) is 0 Å². The van der Waals surface area contributed by atoms with Crippen LogP contribution in [0.5, 0.6) is 0 Å². The van der Waals surface area contributed by atoms with Crippen LogP contribution in [0.2, 0.25) is 0 Å². The van der Waals surface area contributed by atoms with E-state index in [0.29, 0.717) is 11.3 Å². The van der Waals surface area contributed by atoms with Gasteiger partial charge in [0.15, 0.2) is 6.10 Å². The molecule has 0 aliphatic rings. The second-order valence-electron chi connectivity index (χ2n) is 5.27. The van der Waals surface area contributed by atoms with Crippen LogP contribution >= 0.6 is 0 Å². The number of carbonyl (C=O) groups excluding carboxylic acids is 2. The number of aryl methyl sites for hydroxylation is 2. The molecule has 2 aromatic carbocycles. The number of ether oxygens (including phenoxy) is 1. The highest BCUT2D eigenvalue weighted by Crippen LogP contribution is 2.11. The fourth-order valence-electron chi connectivity index (χ4n) is 1.94. The van der Waals surface area contributed by atoms with Crippen molar-refractivity contribution in [3.8, 4) is 0 Å². The second kappa shape index (κ2) is 6.89. The quantitative estimate of drug-likeness (QED) is 0.879. The summed E-state index contributed by atoms with van der Waals surface area (Å²) >= 11 is 0. The van der Waals surface area contributed by atoms with Crippen LogP contribution in [0.4, 0.5) is 5.69 Å². The van der Waals surface area contributed by atoms with Crippen molar-refractivity contribution in [3.05, 3.63) is 65.2 Å². The Morgan fingerprint density at radius 1 is 1.00 bits per heavy atom. The molecule has 4 heteroatoms. The standard InChI is InChI=1S/C18H19NO3/c1-12-7-9-15(10-8-12)18(21)22-14(3)17(20)19-16-6-4-5-13(2)11-16/h4-11,14H,1-3H3,(H,19,20)/t14-/m0/s1. The lowest BCUT2D eigenvalue weighted by molar-refractivity contribution is -0.123. The molecule has 1 atom stereocenters. The normalized spacial score (nSPS) is 11.6. The Morgan fingerprint density at radius 2 is 1.68 bits per heavy atom. The van der Waals surface area contributed by atoms with Gasteiger partial charge in [-0.25, -0.2) is 4.79 Å². The lowest BCUT2D eigenvalue weighted by Crippen LogP contribution is -2.30. The van der Waals surface area contributed by atoms with Gasteiger partial charge in [0.1, 0.15) is 0 Å². The zero-order chi connectivity index (χ0) is 16.1. The predicted octanol–water partition coefficient (Wildman–Crippen LogP) is 3.49. The molecule has 4 nitrogen and oxygen atoms in total. The number of esters is 1. The summed E-state index contributed by atoms with van der Waals surface area (Å²) in [6.07, 6.45) is -0.866. The second-order valence-corrected chi connectivity index (χ2v) is 5.27. The van der Waals surface area contributed by atoms with Gasteiger partial charge < -0.3 is 10.1 Å². The molecule has 1 N–H and O–H groups in total. The Hall–Kier alpha value is -2.62. The summed E-state index contributed by atoms with van der Waals surface area (Å²) in [4.78, 5) is 24.0. The maximum absolute atomic E-state index is 12.1. The van der Waals surface area contributed by atoms with Crippen LogP contribution in [-0.2, 0) is 9.53 Å². The molecule has 0 radical (unpaired) electrons. The van der Waals surface area contributed by atoms with Crippen molar-refractivity contribution in [1.82, 2.24) is 0 Å². The summed E-state index contributed by atoms with van der Waals surface area (Å²) in [5.74, 6) is -0.863. The summed E-state index contributed by atoms with van der Waals surface area (Å²) < 4.78 is 5.19. The summed E-state index contributed by atoms with van der Waals surface area (Å²) in [5.41, 5.74) is 3.22. The van der Waals surface area contributed by atoms with E-state index in [1.807, 2.05) is 44.2 Å². The molecule has 114 valence electrons. The molecule has 0 fully saturated rings. The number of benzene rings is 2. The third kappa shape index (κ3) is 4.19. The molecule has 2 aromatic rings. The lowest BCUT2D eigenvalue weighted by atomic mass is 10.1. The molecule has 0 saturated heterocycles. The number of hydrogen-bond donors (Lipinski definition) is 1. The fraction of sp³-hybridized carbons (Fsp3) is 0.222. The van der Waals surface area contributed by atoms with Crippen LogP contribution in [0.15, 0.2) is 48.5 Å². The average molecular weight is 297 g/mol. The van der Waals surface area contributed by atoms with Crippen molar-refractivity contribution >= 4 is 17.6 Å². The van der Waals surface area contributed by atoms with Gasteiger partial charge in [0.25, 0.3) is 5.91 Å². The van der Waals surface area contributed by atoms with Gasteiger partial charge in [-0.15, -0.1) is 0 Å². The number of rotatable bonds is 4. The van der Waals surface area contributed by atoms with E-state index >= 15 is 0 Å². The van der Waals surface area contributed by atoms with Crippen molar-refractivity contribution in [3.63, 3.8) is 0 Å². The Labute approximate surface area is 130 Å². The van der Waals surface area contributed by atoms with Crippen LogP contribution in [0.3, 0.4) is 0 Å². The molecule has 0 aromatic heterocycles. The van der Waals surface area contributed by atoms with E-state index in [0.717, 1.165) is 11.1 Å². The van der Waals surface area contributed by atoms with Crippen LogP contribution in [-0.4, -0.2) is 18.0 Å². The van der Waals surface area contributed by atoms with Crippen LogP contribution in [0.1, 0.15) is 28.4 Å². The maximum atomic E-state index is 12.1. The number of anilines is 1. The topological polar surface area (TPSA) is 55.4 Å². The number of carbonyl (C=O) groups is 2. The number of hydrogen-bond acceptors (Lipinski definition) is 3. The molecule has 0 bridgehead atoms. The highest BCUT2D eigenvalue weighted by atomic mass is 16.5. The maximum Gasteiger partial charge on any atom is 0.338 e. The minimum atomic E-state index is -0.866. The van der Waals surface area contributed by atoms with E-state index in [2.05, 4.69) is 5.32 Å². The summed E-state index contributed by atoms with van der Waals surface area (Å²) in [7, 11) is 0. The van der Waals surface area contributed by atoms with Gasteiger partial charge in [0.2, 0.25) is 0 Å². The van der Waals surface area contributed by atoms with E-state index in [4.69, 9.17) is 4.74 Å². The predicted molar refractivity (Wildman–Crippen MR) is 85.9 cm³/mol. The molecule has 0 spiro atoms. The highest BCUT2D eigenvalue weighted by molar-refractivity contribution is 5.97. The molecule has 2 rings (SSSR count). The Balaban J connectivity index is 1.96. The molecule has 0 unspecified atom stereocenters. The monoisotopic (exact) mass is 297 g/mol. The summed E-state index contributed by atoms with van der Waals surface area (Å²) in [6, 6.07) is 14.5. The fourth-order valence-corrected chi connectivity index (χ4v) is 1.94. The molecular weight excluding hydrogens is 278 g/mol. The Kier molecular flexibility index (Phi) is 4.94. The largest absolute Gasteiger partial charge is 0.449 e. The molecule has 1 amide bonds. The first kappa shape index (κ1) is 15.8. The first-order valence-electron chi connectivity index (χ1n) is 7.11. The Morgan fingerprint density at radius 3 is 2.32 bits per heavy atom. The SMILES string of the molecule is Cc1ccc(C(=O)O[C@@H](C)C(=O)Nc2cccc(C)c2)cc1. The van der Waals surface area contributed by atoms with Crippen molar-refractivity contribution in [2.24, 2.45) is 0 Å². The van der Waals surface area contributed by atoms with Crippen molar-refractivity contribution in [2.75, 3.05) is 5.32 Å². The van der Waals surface area contributed by atoms with Crippen molar-refractivity contribution < 1.29 is 14.3 Å². The molecule has 0 saturated carbocycles. The first-order chi connectivity index (χ1) is 10.5. The summed E-state index contributed by atoms with van der Waals surface area (Å²) in [5, 5.41) is 2.73. The smallest absolute Gasteiger partial charge is 0.338 e. The first-order valence-corrected chi connectivity index (χ1v) is 7.11. The molecule has 22 heavy (non-hydrogen) atoms.